The molecule has 1 aromatic heterocycles. The molecule has 2 fully saturated rings. The van der Waals surface area contributed by atoms with Crippen molar-refractivity contribution < 1.29 is 9.53 Å². The van der Waals surface area contributed by atoms with Crippen molar-refractivity contribution in [1.29, 1.82) is 0 Å². The van der Waals surface area contributed by atoms with Gasteiger partial charge in [-0.15, -0.1) is 0 Å². The Bertz CT molecular complexity index is 738. The molecule has 2 aliphatic rings. The summed E-state index contributed by atoms with van der Waals surface area (Å²) in [5, 5.41) is 0. The van der Waals surface area contributed by atoms with Gasteiger partial charge in [0.25, 0.3) is 5.91 Å². The minimum absolute atomic E-state index is 0.103. The van der Waals surface area contributed by atoms with E-state index in [4.69, 9.17) is 4.74 Å². The van der Waals surface area contributed by atoms with E-state index in [1.165, 1.54) is 12.8 Å². The summed E-state index contributed by atoms with van der Waals surface area (Å²) >= 11 is 0. The minimum atomic E-state index is 0.103. The molecule has 4 rings (SSSR count). The van der Waals surface area contributed by atoms with Crippen LogP contribution in [0.25, 0.3) is 0 Å². The number of anilines is 1. The number of ether oxygens (including phenoxy) is 1. The van der Waals surface area contributed by atoms with E-state index in [-0.39, 0.29) is 5.91 Å². The highest BCUT2D eigenvalue weighted by atomic mass is 16.5. The molecular weight excluding hydrogens is 328 g/mol. The van der Waals surface area contributed by atoms with Gasteiger partial charge in [0.1, 0.15) is 17.9 Å². The summed E-state index contributed by atoms with van der Waals surface area (Å²) in [6, 6.07) is 10.4. The second kappa shape index (κ2) is 7.32. The zero-order valence-corrected chi connectivity index (χ0v) is 15.0. The Labute approximate surface area is 153 Å². The fourth-order valence-electron chi connectivity index (χ4n) is 3.72. The number of hydrogen-bond acceptors (Lipinski definition) is 5. The summed E-state index contributed by atoms with van der Waals surface area (Å²) in [5.41, 5.74) is 0.721. The number of aromatic nitrogens is 2. The lowest BCUT2D eigenvalue weighted by Crippen LogP contribution is -2.48. The molecular formula is C20H24N4O2. The number of benzene rings is 1. The number of hydrogen-bond donors (Lipinski definition) is 0. The lowest BCUT2D eigenvalue weighted by atomic mass is 10.0. The number of methoxy groups -OCH3 is 1. The molecule has 26 heavy (non-hydrogen) atoms. The van der Waals surface area contributed by atoms with Gasteiger partial charge in [-0.25, -0.2) is 9.97 Å². The van der Waals surface area contributed by atoms with Crippen LogP contribution in [0, 0.1) is 0 Å². The first-order valence-electron chi connectivity index (χ1n) is 9.24. The van der Waals surface area contributed by atoms with Crippen molar-refractivity contribution in [2.24, 2.45) is 0 Å². The highest BCUT2D eigenvalue weighted by Crippen LogP contribution is 2.35. The Morgan fingerprint density at radius 3 is 2.35 bits per heavy atom. The quantitative estimate of drug-likeness (QED) is 0.828. The van der Waals surface area contributed by atoms with E-state index in [9.17, 15) is 4.79 Å². The molecule has 0 unspecified atom stereocenters. The van der Waals surface area contributed by atoms with Crippen LogP contribution in [0.5, 0.6) is 5.75 Å². The van der Waals surface area contributed by atoms with Crippen molar-refractivity contribution in [1.82, 2.24) is 14.9 Å². The van der Waals surface area contributed by atoms with E-state index in [0.29, 0.717) is 12.1 Å². The van der Waals surface area contributed by atoms with Gasteiger partial charge >= 0.3 is 0 Å². The van der Waals surface area contributed by atoms with Gasteiger partial charge in [-0.1, -0.05) is 0 Å². The second-order valence-electron chi connectivity index (χ2n) is 6.96. The van der Waals surface area contributed by atoms with Gasteiger partial charge in [-0.2, -0.15) is 0 Å². The van der Waals surface area contributed by atoms with Crippen molar-refractivity contribution in [3.05, 3.63) is 48.4 Å². The van der Waals surface area contributed by atoms with Gasteiger partial charge in [0, 0.05) is 36.9 Å². The Hall–Kier alpha value is -2.63. The predicted octanol–water partition coefficient (Wildman–Crippen LogP) is 2.76. The second-order valence-corrected chi connectivity index (χ2v) is 6.96. The van der Waals surface area contributed by atoms with Crippen LogP contribution >= 0.6 is 0 Å². The fraction of sp³-hybridized carbons (Fsp3) is 0.450. The zero-order valence-electron chi connectivity index (χ0n) is 15.0. The molecule has 1 saturated heterocycles. The van der Waals surface area contributed by atoms with Crippen molar-refractivity contribution in [3.8, 4) is 5.75 Å². The maximum absolute atomic E-state index is 12.7. The molecule has 2 aromatic rings. The van der Waals surface area contributed by atoms with Crippen LogP contribution in [0.4, 0.5) is 5.82 Å². The SMILES string of the molecule is COc1ccc(C(=O)N2CCC(N(c3ccncn3)C3CC3)CC2)cc1. The molecule has 2 heterocycles. The Morgan fingerprint density at radius 1 is 1.08 bits per heavy atom. The molecule has 6 nitrogen and oxygen atoms in total. The molecule has 1 amide bonds. The van der Waals surface area contributed by atoms with Crippen LogP contribution in [0.1, 0.15) is 36.0 Å². The molecule has 0 N–H and O–H groups in total. The highest BCUT2D eigenvalue weighted by Gasteiger charge is 2.37. The molecule has 0 spiro atoms. The molecule has 0 bridgehead atoms. The molecule has 136 valence electrons. The third-order valence-corrected chi connectivity index (χ3v) is 5.25. The van der Waals surface area contributed by atoms with E-state index in [0.717, 1.165) is 43.1 Å². The standard InChI is InChI=1S/C20H24N4O2/c1-26-18-6-2-15(3-7-18)20(25)23-12-9-17(10-13-23)24(16-4-5-16)19-8-11-21-14-22-19/h2-3,6-8,11,14,16-17H,4-5,9-10,12-13H2,1H3. The molecule has 0 radical (unpaired) electrons. The number of nitrogens with zero attached hydrogens (tertiary/aromatic N) is 4. The topological polar surface area (TPSA) is 58.6 Å². The Balaban J connectivity index is 1.40. The number of carbonyl (C=O) groups excluding carboxylic acids is 1. The van der Waals surface area contributed by atoms with Crippen LogP contribution in [-0.4, -0.2) is 53.1 Å². The van der Waals surface area contributed by atoms with Gasteiger partial charge in [-0.05, 0) is 56.0 Å². The minimum Gasteiger partial charge on any atom is -0.497 e. The number of carbonyl (C=O) groups is 1. The van der Waals surface area contributed by atoms with Crippen molar-refractivity contribution in [2.45, 2.75) is 37.8 Å². The number of amides is 1. The number of rotatable bonds is 5. The number of piperidine rings is 1. The van der Waals surface area contributed by atoms with Crippen LogP contribution in [0.2, 0.25) is 0 Å². The van der Waals surface area contributed by atoms with Crippen LogP contribution in [0.15, 0.2) is 42.9 Å². The van der Waals surface area contributed by atoms with Gasteiger partial charge in [0.05, 0.1) is 7.11 Å². The molecule has 1 aromatic carbocycles. The van der Waals surface area contributed by atoms with Gasteiger partial charge in [0.15, 0.2) is 0 Å². The maximum atomic E-state index is 12.7. The smallest absolute Gasteiger partial charge is 0.253 e. The summed E-state index contributed by atoms with van der Waals surface area (Å²) in [4.78, 5) is 25.7. The van der Waals surface area contributed by atoms with Crippen LogP contribution in [0.3, 0.4) is 0 Å². The van der Waals surface area contributed by atoms with Crippen LogP contribution in [-0.2, 0) is 0 Å². The van der Waals surface area contributed by atoms with Gasteiger partial charge in [0.2, 0.25) is 0 Å². The van der Waals surface area contributed by atoms with E-state index >= 15 is 0 Å². The van der Waals surface area contributed by atoms with E-state index in [2.05, 4.69) is 14.9 Å². The van der Waals surface area contributed by atoms with Gasteiger partial charge < -0.3 is 14.5 Å². The molecule has 1 aliphatic carbocycles. The maximum Gasteiger partial charge on any atom is 0.253 e. The number of likely N-dealkylation sites (tertiary alicyclic amines) is 1. The summed E-state index contributed by atoms with van der Waals surface area (Å²) in [6.45, 7) is 1.56. The molecule has 0 atom stereocenters. The highest BCUT2D eigenvalue weighted by molar-refractivity contribution is 5.94. The average molecular weight is 352 g/mol. The third kappa shape index (κ3) is 3.49. The average Bonchev–Trinajstić information content (AvgIpc) is 3.54. The molecule has 1 saturated carbocycles. The van der Waals surface area contributed by atoms with Crippen molar-refractivity contribution in [3.63, 3.8) is 0 Å². The monoisotopic (exact) mass is 352 g/mol. The fourth-order valence-corrected chi connectivity index (χ4v) is 3.72. The Kier molecular flexibility index (Phi) is 4.73. The Morgan fingerprint density at radius 2 is 1.77 bits per heavy atom. The third-order valence-electron chi connectivity index (χ3n) is 5.25. The molecule has 1 aliphatic heterocycles. The largest absolute Gasteiger partial charge is 0.497 e. The summed E-state index contributed by atoms with van der Waals surface area (Å²) in [6.07, 6.45) is 7.84. The first-order chi connectivity index (χ1) is 12.8. The van der Waals surface area contributed by atoms with E-state index in [1.54, 1.807) is 19.6 Å². The first-order valence-corrected chi connectivity index (χ1v) is 9.24. The summed E-state index contributed by atoms with van der Waals surface area (Å²) in [5.74, 6) is 1.89. The van der Waals surface area contributed by atoms with E-state index < -0.39 is 0 Å². The first kappa shape index (κ1) is 16.8. The summed E-state index contributed by atoms with van der Waals surface area (Å²) in [7, 11) is 1.63. The van der Waals surface area contributed by atoms with Crippen LogP contribution < -0.4 is 9.64 Å². The zero-order chi connectivity index (χ0) is 17.9. The van der Waals surface area contributed by atoms with E-state index in [1.807, 2.05) is 35.2 Å². The van der Waals surface area contributed by atoms with Gasteiger partial charge in [-0.3, -0.25) is 4.79 Å². The lowest BCUT2D eigenvalue weighted by Gasteiger charge is -2.39. The summed E-state index contributed by atoms with van der Waals surface area (Å²) < 4.78 is 5.16. The molecule has 6 heteroatoms. The normalized spacial score (nSPS) is 17.8. The van der Waals surface area contributed by atoms with Crippen molar-refractivity contribution >= 4 is 11.7 Å². The lowest BCUT2D eigenvalue weighted by molar-refractivity contribution is 0.0712. The predicted molar refractivity (Wildman–Crippen MR) is 99.5 cm³/mol. The van der Waals surface area contributed by atoms with Crippen molar-refractivity contribution in [2.75, 3.05) is 25.1 Å².